The number of amides is 1. The number of likely N-dealkylation sites (tertiary alicyclic amines) is 1. The minimum Gasteiger partial charge on any atom is -0.337 e. The van der Waals surface area contributed by atoms with Gasteiger partial charge in [-0.25, -0.2) is 9.07 Å². The minimum atomic E-state index is -2.74. The summed E-state index contributed by atoms with van der Waals surface area (Å²) in [5, 5.41) is 3.62. The Morgan fingerprint density at radius 1 is 1.17 bits per heavy atom. The third kappa shape index (κ3) is 3.77. The molecule has 1 fully saturated rings. The quantitative estimate of drug-likeness (QED) is 0.856. The largest absolute Gasteiger partial charge is 0.337 e. The molecule has 1 saturated heterocycles. The molecule has 1 amide bonds. The van der Waals surface area contributed by atoms with Crippen LogP contribution in [0.1, 0.15) is 35.4 Å². The van der Waals surface area contributed by atoms with E-state index < -0.39 is 6.55 Å². The Balaban J connectivity index is 1.54. The molecule has 0 bridgehead atoms. The summed E-state index contributed by atoms with van der Waals surface area (Å²) in [7, 11) is 0. The Morgan fingerprint density at radius 3 is 2.42 bits per heavy atom. The Morgan fingerprint density at radius 2 is 1.83 bits per heavy atom. The topological polar surface area (TPSA) is 38.1 Å². The van der Waals surface area contributed by atoms with Crippen LogP contribution in [0.25, 0.3) is 0 Å². The van der Waals surface area contributed by atoms with E-state index >= 15 is 0 Å². The van der Waals surface area contributed by atoms with Crippen molar-refractivity contribution in [2.24, 2.45) is 5.92 Å². The average Bonchev–Trinajstić information content (AvgIpc) is 3.07. The van der Waals surface area contributed by atoms with E-state index in [0.29, 0.717) is 23.7 Å². The first kappa shape index (κ1) is 16.5. The third-order valence-electron chi connectivity index (χ3n) is 4.37. The Bertz CT molecular complexity index is 691. The van der Waals surface area contributed by atoms with E-state index in [2.05, 4.69) is 5.10 Å². The molecule has 1 aromatic carbocycles. The maximum absolute atomic E-state index is 12.9. The first-order chi connectivity index (χ1) is 11.5. The summed E-state index contributed by atoms with van der Waals surface area (Å²) in [5.74, 6) is -0.129. The van der Waals surface area contributed by atoms with Crippen molar-refractivity contribution in [1.82, 2.24) is 14.7 Å². The molecule has 0 aliphatic carbocycles. The predicted molar refractivity (Wildman–Crippen MR) is 82.2 cm³/mol. The number of halogens is 3. The number of hydrogen-bond donors (Lipinski definition) is 0. The number of alkyl halides is 2. The Labute approximate surface area is 137 Å². The highest BCUT2D eigenvalue weighted by Crippen LogP contribution is 2.23. The van der Waals surface area contributed by atoms with E-state index in [-0.39, 0.29) is 17.4 Å². The van der Waals surface area contributed by atoms with E-state index in [1.807, 2.05) is 0 Å². The summed E-state index contributed by atoms with van der Waals surface area (Å²) in [6.07, 6.45) is 3.62. The normalized spacial score (nSPS) is 15.9. The zero-order chi connectivity index (χ0) is 17.1. The molecule has 1 aromatic heterocycles. The van der Waals surface area contributed by atoms with E-state index in [4.69, 9.17) is 0 Å². The number of carbonyl (C=O) groups excluding carboxylic acids is 1. The van der Waals surface area contributed by atoms with Crippen LogP contribution in [0.4, 0.5) is 13.2 Å². The molecule has 24 heavy (non-hydrogen) atoms. The Kier molecular flexibility index (Phi) is 4.87. The average molecular weight is 337 g/mol. The Hall–Kier alpha value is -2.31. The lowest BCUT2D eigenvalue weighted by molar-refractivity contribution is 0.0545. The molecule has 1 aliphatic rings. The standard InChI is InChI=1S/C17H18F3N3O/c18-14-3-1-12(2-4-14)11-13-5-8-22(9-6-13)16(24)15-7-10-23(21-15)17(19)20/h1-4,7,10,13,17H,5-6,8-9,11H2. The molecule has 1 aliphatic heterocycles. The molecule has 7 heteroatoms. The van der Waals surface area contributed by atoms with Crippen LogP contribution >= 0.6 is 0 Å². The second-order valence-electron chi connectivity index (χ2n) is 6.02. The number of carbonyl (C=O) groups is 1. The van der Waals surface area contributed by atoms with Crippen LogP contribution in [0, 0.1) is 11.7 Å². The van der Waals surface area contributed by atoms with Crippen molar-refractivity contribution in [2.45, 2.75) is 25.8 Å². The number of piperidine rings is 1. The summed E-state index contributed by atoms with van der Waals surface area (Å²) in [4.78, 5) is 14.0. The molecule has 4 nitrogen and oxygen atoms in total. The summed E-state index contributed by atoms with van der Waals surface area (Å²) < 4.78 is 38.4. The number of hydrogen-bond acceptors (Lipinski definition) is 2. The molecule has 0 radical (unpaired) electrons. The zero-order valence-electron chi connectivity index (χ0n) is 13.0. The zero-order valence-corrected chi connectivity index (χ0v) is 13.0. The van der Waals surface area contributed by atoms with Crippen molar-refractivity contribution in [2.75, 3.05) is 13.1 Å². The molecule has 0 saturated carbocycles. The van der Waals surface area contributed by atoms with Gasteiger partial charge in [-0.3, -0.25) is 4.79 Å². The molecule has 2 heterocycles. The molecule has 0 N–H and O–H groups in total. The van der Waals surface area contributed by atoms with Gasteiger partial charge in [-0.15, -0.1) is 0 Å². The van der Waals surface area contributed by atoms with Gasteiger partial charge in [-0.2, -0.15) is 13.9 Å². The highest BCUT2D eigenvalue weighted by atomic mass is 19.3. The molecular formula is C17H18F3N3O. The first-order valence-electron chi connectivity index (χ1n) is 7.90. The van der Waals surface area contributed by atoms with Crippen LogP contribution < -0.4 is 0 Å². The summed E-state index contributed by atoms with van der Waals surface area (Å²) in [5.41, 5.74) is 1.13. The summed E-state index contributed by atoms with van der Waals surface area (Å²) in [6.45, 7) is -1.59. The fourth-order valence-electron chi connectivity index (χ4n) is 3.02. The van der Waals surface area contributed by atoms with E-state index in [1.54, 1.807) is 17.0 Å². The van der Waals surface area contributed by atoms with Gasteiger partial charge in [0.1, 0.15) is 5.82 Å². The molecular weight excluding hydrogens is 319 g/mol. The second-order valence-corrected chi connectivity index (χ2v) is 6.02. The van der Waals surface area contributed by atoms with Gasteiger partial charge in [0.2, 0.25) is 0 Å². The van der Waals surface area contributed by atoms with E-state index in [0.717, 1.165) is 31.0 Å². The fourth-order valence-corrected chi connectivity index (χ4v) is 3.02. The smallest absolute Gasteiger partial charge is 0.333 e. The summed E-state index contributed by atoms with van der Waals surface area (Å²) >= 11 is 0. The van der Waals surface area contributed by atoms with Crippen molar-refractivity contribution in [3.63, 3.8) is 0 Å². The number of aromatic nitrogens is 2. The van der Waals surface area contributed by atoms with Crippen LogP contribution in [-0.2, 0) is 6.42 Å². The number of benzene rings is 1. The SMILES string of the molecule is O=C(c1ccn(C(F)F)n1)N1CCC(Cc2ccc(F)cc2)CC1. The lowest BCUT2D eigenvalue weighted by Crippen LogP contribution is -2.39. The van der Waals surface area contributed by atoms with Crippen molar-refractivity contribution in [1.29, 1.82) is 0 Å². The van der Waals surface area contributed by atoms with E-state index in [1.165, 1.54) is 18.2 Å². The van der Waals surface area contributed by atoms with Crippen LogP contribution in [0.3, 0.4) is 0 Å². The maximum Gasteiger partial charge on any atom is 0.333 e. The highest BCUT2D eigenvalue weighted by molar-refractivity contribution is 5.92. The van der Waals surface area contributed by atoms with Crippen molar-refractivity contribution >= 4 is 5.91 Å². The molecule has 2 aromatic rings. The van der Waals surface area contributed by atoms with Gasteiger partial charge in [-0.1, -0.05) is 12.1 Å². The molecule has 0 atom stereocenters. The maximum atomic E-state index is 12.9. The monoisotopic (exact) mass is 337 g/mol. The lowest BCUT2D eigenvalue weighted by Gasteiger charge is -2.31. The van der Waals surface area contributed by atoms with E-state index in [9.17, 15) is 18.0 Å². The molecule has 128 valence electrons. The van der Waals surface area contributed by atoms with Gasteiger partial charge >= 0.3 is 6.55 Å². The summed E-state index contributed by atoms with van der Waals surface area (Å²) in [6, 6.07) is 7.79. The molecule has 3 rings (SSSR count). The van der Waals surface area contributed by atoms with Crippen molar-refractivity contribution in [3.05, 3.63) is 53.6 Å². The van der Waals surface area contributed by atoms with Gasteiger partial charge in [0, 0.05) is 19.3 Å². The van der Waals surface area contributed by atoms with Gasteiger partial charge in [-0.05, 0) is 48.9 Å². The van der Waals surface area contributed by atoms with Crippen LogP contribution in [-0.4, -0.2) is 33.7 Å². The van der Waals surface area contributed by atoms with Crippen LogP contribution in [0.15, 0.2) is 36.5 Å². The van der Waals surface area contributed by atoms with Crippen molar-refractivity contribution < 1.29 is 18.0 Å². The predicted octanol–water partition coefficient (Wildman–Crippen LogP) is 3.51. The number of nitrogens with zero attached hydrogens (tertiary/aromatic N) is 3. The highest BCUT2D eigenvalue weighted by Gasteiger charge is 2.25. The first-order valence-corrected chi connectivity index (χ1v) is 7.90. The fraction of sp³-hybridized carbons (Fsp3) is 0.412. The van der Waals surface area contributed by atoms with Crippen LogP contribution in [0.5, 0.6) is 0 Å². The van der Waals surface area contributed by atoms with Gasteiger partial charge in [0.15, 0.2) is 5.69 Å². The lowest BCUT2D eigenvalue weighted by atomic mass is 9.90. The minimum absolute atomic E-state index is 0.0484. The van der Waals surface area contributed by atoms with Gasteiger partial charge in [0.05, 0.1) is 0 Å². The third-order valence-corrected chi connectivity index (χ3v) is 4.37. The second kappa shape index (κ2) is 7.07. The molecule has 0 spiro atoms. The van der Waals surface area contributed by atoms with Gasteiger partial charge < -0.3 is 4.90 Å². The molecule has 0 unspecified atom stereocenters. The van der Waals surface area contributed by atoms with Crippen LogP contribution in [0.2, 0.25) is 0 Å². The van der Waals surface area contributed by atoms with Crippen molar-refractivity contribution in [3.8, 4) is 0 Å². The van der Waals surface area contributed by atoms with Gasteiger partial charge in [0.25, 0.3) is 5.91 Å². The number of rotatable bonds is 4.